The number of hydrogen-bond acceptors (Lipinski definition) is 3. The van der Waals surface area contributed by atoms with Crippen LogP contribution in [0.2, 0.25) is 0 Å². The van der Waals surface area contributed by atoms with E-state index in [2.05, 4.69) is 0 Å². The molecule has 0 atom stereocenters. The second-order valence-electron chi connectivity index (χ2n) is 4.03. The van der Waals surface area contributed by atoms with Gasteiger partial charge in [-0.15, -0.1) is 0 Å². The minimum Gasteiger partial charge on any atom is -0.337 e. The summed E-state index contributed by atoms with van der Waals surface area (Å²) in [5.41, 5.74) is 0.709. The fraction of sp³-hybridized carbons (Fsp3) is 0.267. The summed E-state index contributed by atoms with van der Waals surface area (Å²) < 4.78 is 12.7. The van der Waals surface area contributed by atoms with Crippen LogP contribution in [0.15, 0.2) is 30.3 Å². The van der Waals surface area contributed by atoms with E-state index in [1.165, 1.54) is 23.1 Å². The molecular formula is C15H14FN3O. The van der Waals surface area contributed by atoms with Crippen LogP contribution in [0.1, 0.15) is 18.4 Å². The summed E-state index contributed by atoms with van der Waals surface area (Å²) in [6.07, 6.45) is 3.39. The highest BCUT2D eigenvalue weighted by molar-refractivity contribution is 5.91. The van der Waals surface area contributed by atoms with Crippen LogP contribution in [0.3, 0.4) is 0 Å². The molecule has 20 heavy (non-hydrogen) atoms. The van der Waals surface area contributed by atoms with Crippen molar-refractivity contribution < 1.29 is 9.18 Å². The number of hydrogen-bond donors (Lipinski definition) is 0. The van der Waals surface area contributed by atoms with Crippen molar-refractivity contribution in [1.29, 1.82) is 10.5 Å². The molecule has 1 aromatic rings. The number of rotatable bonds is 6. The quantitative estimate of drug-likeness (QED) is 0.746. The van der Waals surface area contributed by atoms with E-state index in [0.717, 1.165) is 0 Å². The van der Waals surface area contributed by atoms with E-state index >= 15 is 0 Å². The first-order chi connectivity index (χ1) is 9.67. The van der Waals surface area contributed by atoms with Gasteiger partial charge in [-0.1, -0.05) is 12.1 Å². The lowest BCUT2D eigenvalue weighted by Gasteiger charge is -2.18. The summed E-state index contributed by atoms with van der Waals surface area (Å²) >= 11 is 0. The van der Waals surface area contributed by atoms with Crippen LogP contribution < -0.4 is 0 Å². The van der Waals surface area contributed by atoms with Crippen molar-refractivity contribution in [3.8, 4) is 12.1 Å². The second-order valence-corrected chi connectivity index (χ2v) is 4.03. The van der Waals surface area contributed by atoms with E-state index in [9.17, 15) is 9.18 Å². The molecule has 0 spiro atoms. The highest BCUT2D eigenvalue weighted by Gasteiger charge is 2.09. The zero-order valence-electron chi connectivity index (χ0n) is 10.9. The van der Waals surface area contributed by atoms with Gasteiger partial charge in [-0.3, -0.25) is 4.79 Å². The van der Waals surface area contributed by atoms with Gasteiger partial charge in [-0.05, 0) is 23.8 Å². The van der Waals surface area contributed by atoms with Gasteiger partial charge in [0.05, 0.1) is 25.0 Å². The summed E-state index contributed by atoms with van der Waals surface area (Å²) in [7, 11) is 0. The lowest BCUT2D eigenvalue weighted by Crippen LogP contribution is -2.31. The summed E-state index contributed by atoms with van der Waals surface area (Å²) in [4.78, 5) is 13.4. The molecule has 0 saturated heterocycles. The third kappa shape index (κ3) is 5.32. The van der Waals surface area contributed by atoms with Crippen molar-refractivity contribution in [2.45, 2.75) is 12.8 Å². The molecule has 0 fully saturated rings. The molecular weight excluding hydrogens is 257 g/mol. The molecule has 0 aliphatic carbocycles. The maximum atomic E-state index is 12.7. The Morgan fingerprint density at radius 3 is 2.20 bits per heavy atom. The lowest BCUT2D eigenvalue weighted by molar-refractivity contribution is -0.125. The number of amides is 1. The Hall–Kier alpha value is -2.66. The molecule has 0 unspecified atom stereocenters. The molecule has 0 heterocycles. The standard InChI is InChI=1S/C15H14FN3O/c16-14-6-3-13(4-7-14)5-8-15(20)19(11-1-9-17)12-2-10-18/h3-8H,1-2,11-12H2/b8-5+. The lowest BCUT2D eigenvalue weighted by atomic mass is 10.2. The van der Waals surface area contributed by atoms with E-state index in [0.29, 0.717) is 18.7 Å². The van der Waals surface area contributed by atoms with Crippen molar-refractivity contribution in [1.82, 2.24) is 4.90 Å². The molecule has 5 heteroatoms. The third-order valence-corrected chi connectivity index (χ3v) is 2.59. The van der Waals surface area contributed by atoms with Gasteiger partial charge in [0, 0.05) is 19.2 Å². The summed E-state index contributed by atoms with van der Waals surface area (Å²) in [5, 5.41) is 17.1. The zero-order valence-corrected chi connectivity index (χ0v) is 10.9. The molecule has 0 aliphatic rings. The molecule has 0 aromatic heterocycles. The van der Waals surface area contributed by atoms with Gasteiger partial charge in [-0.2, -0.15) is 10.5 Å². The molecule has 0 radical (unpaired) electrons. The SMILES string of the molecule is N#CCCN(CCC#N)C(=O)/C=C/c1ccc(F)cc1. The fourth-order valence-electron chi connectivity index (χ4n) is 1.55. The largest absolute Gasteiger partial charge is 0.337 e. The van der Waals surface area contributed by atoms with E-state index in [1.807, 2.05) is 12.1 Å². The molecule has 0 saturated carbocycles. The highest BCUT2D eigenvalue weighted by Crippen LogP contribution is 2.05. The molecule has 0 aliphatic heterocycles. The van der Waals surface area contributed by atoms with Gasteiger partial charge < -0.3 is 4.90 Å². The summed E-state index contributed by atoms with van der Waals surface area (Å²) in [6, 6.07) is 9.69. The van der Waals surface area contributed by atoms with E-state index in [4.69, 9.17) is 10.5 Å². The maximum absolute atomic E-state index is 12.7. The Morgan fingerprint density at radius 2 is 1.70 bits per heavy atom. The van der Waals surface area contributed by atoms with Crippen LogP contribution in [0.5, 0.6) is 0 Å². The van der Waals surface area contributed by atoms with Crippen LogP contribution in [-0.4, -0.2) is 23.9 Å². The molecule has 1 rings (SSSR count). The van der Waals surface area contributed by atoms with Crippen LogP contribution in [0, 0.1) is 28.5 Å². The number of carbonyl (C=O) groups excluding carboxylic acids is 1. The van der Waals surface area contributed by atoms with E-state index < -0.39 is 0 Å². The minimum atomic E-state index is -0.335. The minimum absolute atomic E-state index is 0.224. The average Bonchev–Trinajstić information content (AvgIpc) is 2.46. The van der Waals surface area contributed by atoms with Crippen molar-refractivity contribution in [2.24, 2.45) is 0 Å². The smallest absolute Gasteiger partial charge is 0.246 e. The van der Waals surface area contributed by atoms with Gasteiger partial charge in [0.15, 0.2) is 0 Å². The third-order valence-electron chi connectivity index (χ3n) is 2.59. The summed E-state index contributed by atoms with van der Waals surface area (Å²) in [6.45, 7) is 0.593. The topological polar surface area (TPSA) is 67.9 Å². The van der Waals surface area contributed by atoms with E-state index in [-0.39, 0.29) is 24.6 Å². The number of carbonyl (C=O) groups is 1. The van der Waals surface area contributed by atoms with Crippen molar-refractivity contribution in [3.63, 3.8) is 0 Å². The van der Waals surface area contributed by atoms with Gasteiger partial charge in [0.2, 0.25) is 5.91 Å². The molecule has 4 nitrogen and oxygen atoms in total. The number of nitriles is 2. The van der Waals surface area contributed by atoms with Crippen LogP contribution in [0.25, 0.3) is 6.08 Å². The second kappa shape index (κ2) is 8.44. The first kappa shape index (κ1) is 15.4. The first-order valence-corrected chi connectivity index (χ1v) is 6.14. The van der Waals surface area contributed by atoms with Crippen LogP contribution in [-0.2, 0) is 4.79 Å². The van der Waals surface area contributed by atoms with Crippen molar-refractivity contribution in [3.05, 3.63) is 41.7 Å². The zero-order chi connectivity index (χ0) is 14.8. The van der Waals surface area contributed by atoms with Crippen LogP contribution in [0.4, 0.5) is 4.39 Å². The molecule has 102 valence electrons. The Morgan fingerprint density at radius 1 is 1.15 bits per heavy atom. The highest BCUT2D eigenvalue weighted by atomic mass is 19.1. The Labute approximate surface area is 117 Å². The number of nitrogens with zero attached hydrogens (tertiary/aromatic N) is 3. The first-order valence-electron chi connectivity index (χ1n) is 6.14. The van der Waals surface area contributed by atoms with Crippen LogP contribution >= 0.6 is 0 Å². The molecule has 0 N–H and O–H groups in total. The molecule has 0 bridgehead atoms. The van der Waals surface area contributed by atoms with Crippen molar-refractivity contribution >= 4 is 12.0 Å². The summed E-state index contributed by atoms with van der Waals surface area (Å²) in [5.74, 6) is -0.599. The Kier molecular flexibility index (Phi) is 6.50. The maximum Gasteiger partial charge on any atom is 0.246 e. The predicted molar refractivity (Wildman–Crippen MR) is 72.5 cm³/mol. The Bertz CT molecular complexity index is 534. The number of halogens is 1. The van der Waals surface area contributed by atoms with Gasteiger partial charge in [0.25, 0.3) is 0 Å². The van der Waals surface area contributed by atoms with Crippen molar-refractivity contribution in [2.75, 3.05) is 13.1 Å². The van der Waals surface area contributed by atoms with E-state index in [1.54, 1.807) is 18.2 Å². The predicted octanol–water partition coefficient (Wildman–Crippen LogP) is 2.49. The Balaban J connectivity index is 2.67. The van der Waals surface area contributed by atoms with Gasteiger partial charge >= 0.3 is 0 Å². The van der Waals surface area contributed by atoms with Gasteiger partial charge in [0.1, 0.15) is 5.82 Å². The van der Waals surface area contributed by atoms with Gasteiger partial charge in [-0.25, -0.2) is 4.39 Å². The normalized spacial score (nSPS) is 9.95. The average molecular weight is 271 g/mol. The monoisotopic (exact) mass is 271 g/mol. The molecule has 1 aromatic carbocycles. The molecule has 1 amide bonds. The fourth-order valence-corrected chi connectivity index (χ4v) is 1.55. The number of benzene rings is 1.